The zero-order chi connectivity index (χ0) is 21.5. The van der Waals surface area contributed by atoms with Gasteiger partial charge < -0.3 is 10.6 Å². The molecule has 1 unspecified atom stereocenters. The first-order valence-electron chi connectivity index (χ1n) is 8.69. The normalized spacial score (nSPS) is 18.8. The molecule has 9 heteroatoms. The minimum absolute atomic E-state index is 0.0649. The Morgan fingerprint density at radius 3 is 2.48 bits per heavy atom. The number of urea groups is 1. The van der Waals surface area contributed by atoms with Crippen molar-refractivity contribution in [2.45, 2.75) is 26.3 Å². The van der Waals surface area contributed by atoms with Crippen molar-refractivity contribution in [1.29, 1.82) is 0 Å². The summed E-state index contributed by atoms with van der Waals surface area (Å²) in [5.74, 6) is -3.60. The minimum atomic E-state index is -1.62. The Labute approximate surface area is 170 Å². The molecule has 29 heavy (non-hydrogen) atoms. The maximum absolute atomic E-state index is 13.6. The summed E-state index contributed by atoms with van der Waals surface area (Å²) < 4.78 is 26.8. The number of carbonyl (C=O) groups excluding carboxylic acids is 3. The first-order valence-corrected chi connectivity index (χ1v) is 9.07. The average Bonchev–Trinajstić information content (AvgIpc) is 2.84. The predicted octanol–water partition coefficient (Wildman–Crippen LogP) is 3.64. The number of anilines is 1. The van der Waals surface area contributed by atoms with Gasteiger partial charge in [0, 0.05) is 0 Å². The van der Waals surface area contributed by atoms with Crippen LogP contribution in [0, 0.1) is 25.5 Å². The summed E-state index contributed by atoms with van der Waals surface area (Å²) in [6.07, 6.45) is 0. The van der Waals surface area contributed by atoms with Crippen LogP contribution in [0.1, 0.15) is 23.6 Å². The molecule has 0 spiro atoms. The lowest BCUT2D eigenvalue weighted by atomic mass is 9.92. The lowest BCUT2D eigenvalue weighted by Gasteiger charge is -2.22. The Hall–Kier alpha value is -3.00. The molecule has 0 saturated carbocycles. The Morgan fingerprint density at radius 2 is 1.86 bits per heavy atom. The number of nitrogens with one attached hydrogen (secondary N) is 2. The number of amides is 4. The van der Waals surface area contributed by atoms with Crippen LogP contribution in [0.25, 0.3) is 0 Å². The molecule has 1 saturated heterocycles. The zero-order valence-corrected chi connectivity index (χ0v) is 16.7. The Bertz CT molecular complexity index is 1020. The fourth-order valence-corrected chi connectivity index (χ4v) is 3.61. The van der Waals surface area contributed by atoms with Gasteiger partial charge in [-0.1, -0.05) is 23.7 Å². The lowest BCUT2D eigenvalue weighted by molar-refractivity contribution is -0.133. The van der Waals surface area contributed by atoms with Gasteiger partial charge in [0.1, 0.15) is 12.1 Å². The number of benzene rings is 2. The van der Waals surface area contributed by atoms with Gasteiger partial charge in [-0.15, -0.1) is 0 Å². The molecule has 1 heterocycles. The number of nitrogens with zero attached hydrogens (tertiary/aromatic N) is 1. The summed E-state index contributed by atoms with van der Waals surface area (Å²) in [4.78, 5) is 38.3. The van der Waals surface area contributed by atoms with Crippen molar-refractivity contribution in [3.05, 3.63) is 63.7 Å². The SMILES string of the molecule is Cc1cc(C)c(NC(=O)CN2C(=O)NC(C)(c3ccc(F)c(F)c3)C2=O)c(Cl)c1. The zero-order valence-electron chi connectivity index (χ0n) is 15.9. The van der Waals surface area contributed by atoms with Gasteiger partial charge in [0.2, 0.25) is 5.91 Å². The van der Waals surface area contributed by atoms with E-state index in [1.165, 1.54) is 13.0 Å². The molecule has 0 bridgehead atoms. The summed E-state index contributed by atoms with van der Waals surface area (Å²) >= 11 is 6.17. The van der Waals surface area contributed by atoms with E-state index < -0.39 is 41.6 Å². The van der Waals surface area contributed by atoms with Crippen molar-refractivity contribution in [3.8, 4) is 0 Å². The molecule has 2 N–H and O–H groups in total. The number of imide groups is 1. The van der Waals surface area contributed by atoms with E-state index in [1.807, 2.05) is 13.0 Å². The Morgan fingerprint density at radius 1 is 1.17 bits per heavy atom. The molecule has 4 amide bonds. The fraction of sp³-hybridized carbons (Fsp3) is 0.250. The predicted molar refractivity (Wildman–Crippen MR) is 104 cm³/mol. The third-order valence-corrected chi connectivity index (χ3v) is 5.07. The molecule has 152 valence electrons. The van der Waals surface area contributed by atoms with Crippen LogP contribution < -0.4 is 10.6 Å². The van der Waals surface area contributed by atoms with Gasteiger partial charge in [-0.3, -0.25) is 14.5 Å². The molecule has 1 atom stereocenters. The number of carbonyl (C=O) groups is 3. The van der Waals surface area contributed by atoms with E-state index >= 15 is 0 Å². The number of aryl methyl sites for hydroxylation is 2. The molecule has 1 aliphatic heterocycles. The Kier molecular flexibility index (Phi) is 5.32. The van der Waals surface area contributed by atoms with E-state index in [0.717, 1.165) is 23.3 Å². The van der Waals surface area contributed by atoms with Crippen LogP contribution in [0.3, 0.4) is 0 Å². The van der Waals surface area contributed by atoms with Crippen LogP contribution in [0.5, 0.6) is 0 Å². The molecule has 2 aromatic carbocycles. The average molecular weight is 422 g/mol. The van der Waals surface area contributed by atoms with E-state index in [-0.39, 0.29) is 5.56 Å². The molecule has 3 rings (SSSR count). The molecule has 6 nitrogen and oxygen atoms in total. The molecule has 0 aromatic heterocycles. The highest BCUT2D eigenvalue weighted by molar-refractivity contribution is 6.34. The monoisotopic (exact) mass is 421 g/mol. The van der Waals surface area contributed by atoms with Gasteiger partial charge >= 0.3 is 6.03 Å². The van der Waals surface area contributed by atoms with Gasteiger partial charge in [-0.25, -0.2) is 13.6 Å². The second-order valence-electron chi connectivity index (χ2n) is 7.06. The second kappa shape index (κ2) is 7.44. The number of rotatable bonds is 4. The third kappa shape index (κ3) is 3.80. The van der Waals surface area contributed by atoms with E-state index in [1.54, 1.807) is 13.0 Å². The van der Waals surface area contributed by atoms with E-state index in [9.17, 15) is 23.2 Å². The fourth-order valence-electron chi connectivity index (χ4n) is 3.24. The van der Waals surface area contributed by atoms with Crippen molar-refractivity contribution >= 4 is 35.1 Å². The molecule has 2 aromatic rings. The van der Waals surface area contributed by atoms with Crippen molar-refractivity contribution in [2.24, 2.45) is 0 Å². The summed E-state index contributed by atoms with van der Waals surface area (Å²) in [5, 5.41) is 5.37. The van der Waals surface area contributed by atoms with Crippen molar-refractivity contribution in [2.75, 3.05) is 11.9 Å². The van der Waals surface area contributed by atoms with Gasteiger partial charge in [-0.2, -0.15) is 0 Å². The molecule has 0 radical (unpaired) electrons. The standard InChI is InChI=1S/C20H18ClF2N3O3/c1-10-6-11(2)17(13(21)7-10)24-16(27)9-26-18(28)20(3,25-19(26)29)12-4-5-14(22)15(23)8-12/h4-8H,9H2,1-3H3,(H,24,27)(H,25,29). The summed E-state index contributed by atoms with van der Waals surface area (Å²) in [6.45, 7) is 4.42. The van der Waals surface area contributed by atoms with Crippen molar-refractivity contribution in [3.63, 3.8) is 0 Å². The lowest BCUT2D eigenvalue weighted by Crippen LogP contribution is -2.42. The van der Waals surface area contributed by atoms with Gasteiger partial charge in [0.15, 0.2) is 11.6 Å². The first-order chi connectivity index (χ1) is 13.5. The van der Waals surface area contributed by atoms with Crippen LogP contribution in [0.4, 0.5) is 19.3 Å². The van der Waals surface area contributed by atoms with Gasteiger partial charge in [-0.05, 0) is 55.7 Å². The molecule has 1 fully saturated rings. The maximum atomic E-state index is 13.6. The van der Waals surface area contributed by atoms with Gasteiger partial charge in [0.05, 0.1) is 10.7 Å². The van der Waals surface area contributed by atoms with Crippen LogP contribution in [-0.2, 0) is 15.1 Å². The van der Waals surface area contributed by atoms with E-state index in [0.29, 0.717) is 15.6 Å². The van der Waals surface area contributed by atoms with Crippen molar-refractivity contribution in [1.82, 2.24) is 10.2 Å². The number of hydrogen-bond donors (Lipinski definition) is 2. The molecule has 1 aliphatic rings. The van der Waals surface area contributed by atoms with E-state index in [4.69, 9.17) is 11.6 Å². The third-order valence-electron chi connectivity index (χ3n) is 4.77. The second-order valence-corrected chi connectivity index (χ2v) is 7.47. The van der Waals surface area contributed by atoms with Crippen LogP contribution >= 0.6 is 11.6 Å². The number of hydrogen-bond acceptors (Lipinski definition) is 3. The smallest absolute Gasteiger partial charge is 0.323 e. The molecular weight excluding hydrogens is 404 g/mol. The number of halogens is 3. The maximum Gasteiger partial charge on any atom is 0.325 e. The van der Waals surface area contributed by atoms with Crippen LogP contribution in [0.15, 0.2) is 30.3 Å². The quantitative estimate of drug-likeness (QED) is 0.740. The summed E-state index contributed by atoms with van der Waals surface area (Å²) in [5.41, 5.74) is 0.477. The Balaban J connectivity index is 1.80. The van der Waals surface area contributed by atoms with Crippen molar-refractivity contribution < 1.29 is 23.2 Å². The van der Waals surface area contributed by atoms with E-state index in [2.05, 4.69) is 10.6 Å². The highest BCUT2D eigenvalue weighted by Gasteiger charge is 2.49. The molecule has 0 aliphatic carbocycles. The summed E-state index contributed by atoms with van der Waals surface area (Å²) in [6, 6.07) is 5.60. The van der Waals surface area contributed by atoms with Gasteiger partial charge in [0.25, 0.3) is 5.91 Å². The summed E-state index contributed by atoms with van der Waals surface area (Å²) in [7, 11) is 0. The van der Waals surface area contributed by atoms with Crippen LogP contribution in [-0.4, -0.2) is 29.3 Å². The highest BCUT2D eigenvalue weighted by atomic mass is 35.5. The first kappa shape index (κ1) is 20.7. The van der Waals surface area contributed by atoms with Crippen LogP contribution in [0.2, 0.25) is 5.02 Å². The highest BCUT2D eigenvalue weighted by Crippen LogP contribution is 2.30. The topological polar surface area (TPSA) is 78.5 Å². The molecular formula is C20H18ClF2N3O3. The minimum Gasteiger partial charge on any atom is -0.323 e. The largest absolute Gasteiger partial charge is 0.325 e.